The molecule has 0 amide bonds. The summed E-state index contributed by atoms with van der Waals surface area (Å²) in [5.74, 6) is 0. The van der Waals surface area contributed by atoms with Crippen molar-refractivity contribution in [3.8, 4) is 0 Å². The second-order valence-electron chi connectivity index (χ2n) is 1.39. The van der Waals surface area contributed by atoms with Gasteiger partial charge >= 0.3 is 53.1 Å². The third kappa shape index (κ3) is 1.23. The number of hydrogen-bond donors (Lipinski definition) is 2. The molecule has 4 heteroatoms. The predicted octanol–water partition coefficient (Wildman–Crippen LogP) is -1.58. The molecule has 2 nitrogen and oxygen atoms in total. The summed E-state index contributed by atoms with van der Waals surface area (Å²) in [5.41, 5.74) is 0. The zero-order valence-electron chi connectivity index (χ0n) is 4.11. The molecule has 0 unspecified atom stereocenters. The summed E-state index contributed by atoms with van der Waals surface area (Å²) in [6, 6.07) is 3.58. The van der Waals surface area contributed by atoms with E-state index in [-0.39, 0.29) is 14.5 Å². The first kappa shape index (κ1) is 6.11. The Balaban J connectivity index is 2.77. The monoisotopic (exact) mass is 176 g/mol. The molecule has 1 aromatic heterocycles. The van der Waals surface area contributed by atoms with Gasteiger partial charge in [0, 0.05) is 0 Å². The molecule has 0 spiro atoms. The van der Waals surface area contributed by atoms with Crippen LogP contribution in [0.15, 0.2) is 17.1 Å². The second-order valence-corrected chi connectivity index (χ2v) is 3.44. The van der Waals surface area contributed by atoms with Gasteiger partial charge in [-0.2, -0.15) is 0 Å². The van der Waals surface area contributed by atoms with Gasteiger partial charge in [-0.1, -0.05) is 0 Å². The molecule has 0 saturated heterocycles. The van der Waals surface area contributed by atoms with Gasteiger partial charge in [0.1, 0.15) is 0 Å². The van der Waals surface area contributed by atoms with Crippen LogP contribution in [0.25, 0.3) is 0 Å². The maximum atomic E-state index is 8.52. The van der Waals surface area contributed by atoms with Crippen LogP contribution >= 0.6 is 0 Å². The van der Waals surface area contributed by atoms with Gasteiger partial charge in [-0.3, -0.25) is 0 Å². The van der Waals surface area contributed by atoms with Gasteiger partial charge in [0.2, 0.25) is 0 Å². The van der Waals surface area contributed by atoms with Crippen LogP contribution in [0.2, 0.25) is 0 Å². The van der Waals surface area contributed by atoms with E-state index in [9.17, 15) is 0 Å². The van der Waals surface area contributed by atoms with Crippen LogP contribution in [0, 0.1) is 0 Å². The van der Waals surface area contributed by atoms with E-state index in [1.54, 1.807) is 6.07 Å². The van der Waals surface area contributed by atoms with Crippen molar-refractivity contribution >= 4 is 26.0 Å². The average Bonchev–Trinajstić information content (AvgIpc) is 2.12. The summed E-state index contributed by atoms with van der Waals surface area (Å²) < 4.78 is 0.734. The van der Waals surface area contributed by atoms with Crippen molar-refractivity contribution in [2.24, 2.45) is 0 Å². The molecule has 0 atom stereocenters. The first-order chi connectivity index (χ1) is 3.80. The summed E-state index contributed by atoms with van der Waals surface area (Å²) in [4.78, 5) is 1.95. The van der Waals surface area contributed by atoms with Gasteiger partial charge in [-0.05, 0) is 0 Å². The quantitative estimate of drug-likeness (QED) is 0.505. The Hall–Kier alpha value is -0.0156. The predicted molar refractivity (Wildman–Crippen MR) is 33.2 cm³/mol. The number of rotatable bonds is 1. The topological polar surface area (TPSA) is 40.5 Å². The normalized spacial score (nSPS) is 9.25. The first-order valence-electron chi connectivity index (χ1n) is 2.20. The van der Waals surface area contributed by atoms with Crippen molar-refractivity contribution in [1.82, 2.24) is 0 Å². The van der Waals surface area contributed by atoms with Crippen LogP contribution in [-0.4, -0.2) is 31.7 Å². The van der Waals surface area contributed by atoms with E-state index in [2.05, 4.69) is 0 Å². The van der Waals surface area contributed by atoms with E-state index in [0.29, 0.717) is 0 Å². The molecule has 1 rings (SSSR count). The minimum absolute atomic E-state index is 0.189. The van der Waals surface area contributed by atoms with Gasteiger partial charge in [-0.25, -0.2) is 0 Å². The summed E-state index contributed by atoms with van der Waals surface area (Å²) in [5, 5.41) is 17.0. The van der Waals surface area contributed by atoms with Crippen LogP contribution in [0.3, 0.4) is 0 Å². The number of hydrogen-bond acceptors (Lipinski definition) is 2. The Kier molecular flexibility index (Phi) is 1.92. The van der Waals surface area contributed by atoms with Crippen LogP contribution in [0.1, 0.15) is 0 Å². The maximum absolute atomic E-state index is 8.52. The molecule has 0 bridgehead atoms. The molecule has 8 heavy (non-hydrogen) atoms. The summed E-state index contributed by atoms with van der Waals surface area (Å²) in [7, 11) is -1.23. The zero-order valence-corrected chi connectivity index (χ0v) is 5.83. The molecule has 0 saturated carbocycles. The molecule has 0 aliphatic rings. The van der Waals surface area contributed by atoms with E-state index in [0.717, 1.165) is 4.34 Å². The van der Waals surface area contributed by atoms with Crippen molar-refractivity contribution in [3.63, 3.8) is 0 Å². The van der Waals surface area contributed by atoms with Gasteiger partial charge in [-0.15, -0.1) is 0 Å². The summed E-state index contributed by atoms with van der Waals surface area (Å²) in [6.45, 7) is 0. The van der Waals surface area contributed by atoms with Gasteiger partial charge in [0.15, 0.2) is 0 Å². The fourth-order valence-corrected chi connectivity index (χ4v) is 1.68. The molecule has 0 aromatic carbocycles. The van der Waals surface area contributed by atoms with E-state index in [1.165, 1.54) is 0 Å². The van der Waals surface area contributed by atoms with Crippen molar-refractivity contribution < 1.29 is 10.0 Å². The summed E-state index contributed by atoms with van der Waals surface area (Å²) in [6.07, 6.45) is 0. The third-order valence-corrected chi connectivity index (χ3v) is 2.71. The molecular weight excluding hydrogens is 170 g/mol. The van der Waals surface area contributed by atoms with Crippen LogP contribution in [0.4, 0.5) is 0 Å². The first-order valence-corrected chi connectivity index (χ1v) is 4.05. The fraction of sp³-hybridized carbons (Fsp3) is 0. The van der Waals surface area contributed by atoms with E-state index in [4.69, 9.17) is 10.0 Å². The molecular formula is C4H5BO2Se. The van der Waals surface area contributed by atoms with Gasteiger partial charge < -0.3 is 0 Å². The Labute approximate surface area is 53.7 Å². The zero-order chi connectivity index (χ0) is 5.98. The third-order valence-electron chi connectivity index (χ3n) is 0.798. The van der Waals surface area contributed by atoms with Crippen molar-refractivity contribution in [1.29, 1.82) is 0 Å². The van der Waals surface area contributed by atoms with Crippen LogP contribution < -0.4 is 4.34 Å². The van der Waals surface area contributed by atoms with E-state index >= 15 is 0 Å². The van der Waals surface area contributed by atoms with E-state index in [1.807, 2.05) is 11.0 Å². The summed E-state index contributed by atoms with van der Waals surface area (Å²) >= 11 is 0.189. The van der Waals surface area contributed by atoms with Crippen molar-refractivity contribution in [2.45, 2.75) is 0 Å². The second kappa shape index (κ2) is 2.51. The minimum atomic E-state index is -1.23. The van der Waals surface area contributed by atoms with Gasteiger partial charge in [0.05, 0.1) is 0 Å². The van der Waals surface area contributed by atoms with Crippen LogP contribution in [-0.2, 0) is 0 Å². The SMILES string of the molecule is OB(O)c1ccc[se]1. The Morgan fingerprint density at radius 1 is 1.50 bits per heavy atom. The van der Waals surface area contributed by atoms with Crippen molar-refractivity contribution in [2.75, 3.05) is 0 Å². The molecule has 0 aliphatic heterocycles. The van der Waals surface area contributed by atoms with Gasteiger partial charge in [0.25, 0.3) is 0 Å². The molecule has 0 radical (unpaired) electrons. The molecule has 42 valence electrons. The standard InChI is InChI=1S/C4H5BO2Se/c6-5(7)4-2-1-3-8-4/h1-3,6-7H. The van der Waals surface area contributed by atoms with Crippen LogP contribution in [0.5, 0.6) is 0 Å². The Morgan fingerprint density at radius 2 is 2.25 bits per heavy atom. The fourth-order valence-electron chi connectivity index (χ4n) is 0.438. The molecule has 0 fully saturated rings. The average molecular weight is 175 g/mol. The molecule has 1 aromatic rings. The molecule has 0 aliphatic carbocycles. The Morgan fingerprint density at radius 3 is 2.50 bits per heavy atom. The molecule has 1 heterocycles. The Bertz CT molecular complexity index is 149. The molecule has 2 N–H and O–H groups in total. The van der Waals surface area contributed by atoms with E-state index < -0.39 is 7.12 Å². The van der Waals surface area contributed by atoms with Crippen molar-refractivity contribution in [3.05, 3.63) is 17.1 Å².